The van der Waals surface area contributed by atoms with Gasteiger partial charge in [-0.15, -0.1) is 0 Å². The Bertz CT molecular complexity index is 325. The summed E-state index contributed by atoms with van der Waals surface area (Å²) in [5.41, 5.74) is 0. The van der Waals surface area contributed by atoms with Gasteiger partial charge in [-0.2, -0.15) is 0 Å². The zero-order valence-electron chi connectivity index (χ0n) is 12.5. The van der Waals surface area contributed by atoms with E-state index in [0.717, 1.165) is 32.5 Å². The molecule has 2 amide bonds. The van der Waals surface area contributed by atoms with Gasteiger partial charge in [0.25, 0.3) is 0 Å². The lowest BCUT2D eigenvalue weighted by Crippen LogP contribution is -2.44. The van der Waals surface area contributed by atoms with E-state index in [1.165, 1.54) is 0 Å². The molecule has 0 unspecified atom stereocenters. The lowest BCUT2D eigenvalue weighted by Gasteiger charge is -2.27. The number of nitrogens with zero attached hydrogens (tertiary/aromatic N) is 3. The Labute approximate surface area is 120 Å². The van der Waals surface area contributed by atoms with E-state index in [0.29, 0.717) is 19.6 Å². The highest BCUT2D eigenvalue weighted by Crippen LogP contribution is 2.06. The zero-order chi connectivity index (χ0) is 15.0. The molecule has 1 heterocycles. The number of nitrogens with one attached hydrogen (secondary N) is 1. The molecular formula is C13H26N4O3. The predicted octanol–water partition coefficient (Wildman–Crippen LogP) is -0.260. The fourth-order valence-corrected chi connectivity index (χ4v) is 2.34. The minimum Gasteiger partial charge on any atom is -0.480 e. The van der Waals surface area contributed by atoms with Gasteiger partial charge in [0.2, 0.25) is 0 Å². The summed E-state index contributed by atoms with van der Waals surface area (Å²) in [4.78, 5) is 28.4. The van der Waals surface area contributed by atoms with Crippen molar-refractivity contribution < 1.29 is 14.7 Å². The molecule has 0 aromatic carbocycles. The molecule has 1 saturated heterocycles. The molecule has 0 aromatic rings. The third kappa shape index (κ3) is 5.75. The van der Waals surface area contributed by atoms with Crippen molar-refractivity contribution in [2.24, 2.45) is 0 Å². The van der Waals surface area contributed by atoms with Crippen molar-refractivity contribution in [3.8, 4) is 0 Å². The number of hydrogen-bond donors (Lipinski definition) is 2. The van der Waals surface area contributed by atoms with Crippen molar-refractivity contribution in [1.29, 1.82) is 0 Å². The van der Waals surface area contributed by atoms with Gasteiger partial charge in [-0.3, -0.25) is 9.69 Å². The number of carboxylic acids is 1. The van der Waals surface area contributed by atoms with Crippen LogP contribution >= 0.6 is 0 Å². The van der Waals surface area contributed by atoms with Crippen LogP contribution in [0.5, 0.6) is 0 Å². The van der Waals surface area contributed by atoms with Gasteiger partial charge in [-0.05, 0) is 26.4 Å². The van der Waals surface area contributed by atoms with E-state index in [1.807, 2.05) is 23.9 Å². The molecule has 0 aromatic heterocycles. The predicted molar refractivity (Wildman–Crippen MR) is 76.8 cm³/mol. The average Bonchev–Trinajstić information content (AvgIpc) is 2.63. The van der Waals surface area contributed by atoms with E-state index < -0.39 is 5.97 Å². The first-order valence-corrected chi connectivity index (χ1v) is 7.13. The van der Waals surface area contributed by atoms with Crippen LogP contribution in [-0.4, -0.2) is 91.7 Å². The summed E-state index contributed by atoms with van der Waals surface area (Å²) < 4.78 is 0. The largest absolute Gasteiger partial charge is 0.480 e. The fraction of sp³-hybridized carbons (Fsp3) is 0.846. The molecule has 0 saturated carbocycles. The summed E-state index contributed by atoms with van der Waals surface area (Å²) >= 11 is 0. The number of carbonyl (C=O) groups excluding carboxylic acids is 1. The van der Waals surface area contributed by atoms with E-state index in [4.69, 9.17) is 5.11 Å². The van der Waals surface area contributed by atoms with Crippen molar-refractivity contribution in [3.63, 3.8) is 0 Å². The van der Waals surface area contributed by atoms with E-state index in [9.17, 15) is 9.59 Å². The molecule has 7 nitrogen and oxygen atoms in total. The fourth-order valence-electron chi connectivity index (χ4n) is 2.34. The van der Waals surface area contributed by atoms with Crippen LogP contribution in [0.1, 0.15) is 12.8 Å². The van der Waals surface area contributed by atoms with Crippen LogP contribution in [0.2, 0.25) is 0 Å². The van der Waals surface area contributed by atoms with Crippen molar-refractivity contribution in [2.45, 2.75) is 12.8 Å². The SMILES string of the molecule is CNCCCN(C)C(=O)N1CCCN(CC(=O)O)CC1. The van der Waals surface area contributed by atoms with Crippen LogP contribution in [0.3, 0.4) is 0 Å². The summed E-state index contributed by atoms with van der Waals surface area (Å²) in [6.07, 6.45) is 1.75. The molecule has 1 aliphatic rings. The summed E-state index contributed by atoms with van der Waals surface area (Å²) in [6.45, 7) is 4.34. The number of carbonyl (C=O) groups is 2. The monoisotopic (exact) mass is 286 g/mol. The first kappa shape index (κ1) is 16.7. The first-order valence-electron chi connectivity index (χ1n) is 7.13. The van der Waals surface area contributed by atoms with Crippen LogP contribution in [0.4, 0.5) is 4.79 Å². The Morgan fingerprint density at radius 3 is 2.65 bits per heavy atom. The second kappa shape index (κ2) is 8.76. The normalized spacial score (nSPS) is 16.8. The second-order valence-corrected chi connectivity index (χ2v) is 5.17. The van der Waals surface area contributed by atoms with Crippen LogP contribution in [0.15, 0.2) is 0 Å². The Kier molecular flexibility index (Phi) is 7.32. The minimum absolute atomic E-state index is 0.0401. The van der Waals surface area contributed by atoms with Gasteiger partial charge in [0.15, 0.2) is 0 Å². The maximum atomic E-state index is 12.3. The van der Waals surface area contributed by atoms with Gasteiger partial charge in [-0.1, -0.05) is 0 Å². The first-order chi connectivity index (χ1) is 9.54. The van der Waals surface area contributed by atoms with Crippen LogP contribution in [0, 0.1) is 0 Å². The number of hydrogen-bond acceptors (Lipinski definition) is 4. The number of amides is 2. The molecule has 0 spiro atoms. The number of rotatable bonds is 6. The van der Waals surface area contributed by atoms with Gasteiger partial charge in [0.05, 0.1) is 6.54 Å². The van der Waals surface area contributed by atoms with E-state index >= 15 is 0 Å². The molecule has 7 heteroatoms. The van der Waals surface area contributed by atoms with Gasteiger partial charge < -0.3 is 20.2 Å². The van der Waals surface area contributed by atoms with Crippen molar-refractivity contribution >= 4 is 12.0 Å². The molecule has 116 valence electrons. The highest BCUT2D eigenvalue weighted by Gasteiger charge is 2.22. The second-order valence-electron chi connectivity index (χ2n) is 5.17. The Balaban J connectivity index is 2.39. The summed E-state index contributed by atoms with van der Waals surface area (Å²) in [5.74, 6) is -0.811. The average molecular weight is 286 g/mol. The molecule has 0 aliphatic carbocycles. The topological polar surface area (TPSA) is 76.1 Å². The lowest BCUT2D eigenvalue weighted by molar-refractivity contribution is -0.138. The highest BCUT2D eigenvalue weighted by molar-refractivity contribution is 5.74. The number of aliphatic carboxylic acids is 1. The van der Waals surface area contributed by atoms with E-state index in [2.05, 4.69) is 5.32 Å². The molecule has 2 N–H and O–H groups in total. The molecule has 0 radical (unpaired) electrons. The summed E-state index contributed by atoms with van der Waals surface area (Å²) in [7, 11) is 3.71. The molecule has 20 heavy (non-hydrogen) atoms. The smallest absolute Gasteiger partial charge is 0.319 e. The Hall–Kier alpha value is -1.34. The molecule has 1 fully saturated rings. The van der Waals surface area contributed by atoms with Crippen molar-refractivity contribution in [1.82, 2.24) is 20.0 Å². The highest BCUT2D eigenvalue weighted by atomic mass is 16.4. The van der Waals surface area contributed by atoms with Gasteiger partial charge >= 0.3 is 12.0 Å². The number of carboxylic acid groups (broad SMARTS) is 1. The van der Waals surface area contributed by atoms with E-state index in [-0.39, 0.29) is 12.6 Å². The Morgan fingerprint density at radius 1 is 1.25 bits per heavy atom. The lowest BCUT2D eigenvalue weighted by atomic mass is 10.3. The Morgan fingerprint density at radius 2 is 2.00 bits per heavy atom. The molecule has 0 bridgehead atoms. The zero-order valence-corrected chi connectivity index (χ0v) is 12.5. The minimum atomic E-state index is -0.811. The van der Waals surface area contributed by atoms with Gasteiger partial charge in [-0.25, -0.2) is 4.79 Å². The maximum Gasteiger partial charge on any atom is 0.319 e. The van der Waals surface area contributed by atoms with Crippen LogP contribution in [0.25, 0.3) is 0 Å². The molecule has 1 rings (SSSR count). The van der Waals surface area contributed by atoms with Crippen molar-refractivity contribution in [3.05, 3.63) is 0 Å². The molecular weight excluding hydrogens is 260 g/mol. The molecule has 0 atom stereocenters. The van der Waals surface area contributed by atoms with Crippen LogP contribution in [-0.2, 0) is 4.79 Å². The maximum absolute atomic E-state index is 12.3. The van der Waals surface area contributed by atoms with Crippen molar-refractivity contribution in [2.75, 3.05) is 59.9 Å². The van der Waals surface area contributed by atoms with Gasteiger partial charge in [0.1, 0.15) is 0 Å². The quantitative estimate of drug-likeness (QED) is 0.658. The third-order valence-corrected chi connectivity index (χ3v) is 3.46. The molecule has 1 aliphatic heterocycles. The van der Waals surface area contributed by atoms with Gasteiger partial charge in [0, 0.05) is 39.8 Å². The van der Waals surface area contributed by atoms with E-state index in [1.54, 1.807) is 4.90 Å². The van der Waals surface area contributed by atoms with Crippen LogP contribution < -0.4 is 5.32 Å². The summed E-state index contributed by atoms with van der Waals surface area (Å²) in [5, 5.41) is 11.9. The standard InChI is InChI=1S/C13H26N4O3/c1-14-5-3-6-15(2)13(20)17-8-4-7-16(9-10-17)11-12(18)19/h14H,3-11H2,1-2H3,(H,18,19). The summed E-state index contributed by atoms with van der Waals surface area (Å²) in [6, 6.07) is 0.0401. The third-order valence-electron chi connectivity index (χ3n) is 3.46. The number of urea groups is 1.